The maximum absolute atomic E-state index is 13.9. The van der Waals surface area contributed by atoms with Crippen molar-refractivity contribution >= 4 is 64.2 Å². The minimum absolute atomic E-state index is 0.0110. The zero-order valence-electron chi connectivity index (χ0n) is 32.5. The van der Waals surface area contributed by atoms with Crippen molar-refractivity contribution in [3.05, 3.63) is 125 Å². The first-order valence-electron chi connectivity index (χ1n) is 19.0. The smallest absolute Gasteiger partial charge is 0.260 e. The van der Waals surface area contributed by atoms with Crippen molar-refractivity contribution in [2.75, 3.05) is 40.2 Å². The minimum Gasteiger partial charge on any atom is -0.493 e. The van der Waals surface area contributed by atoms with E-state index < -0.39 is 0 Å². The van der Waals surface area contributed by atoms with Gasteiger partial charge in [-0.2, -0.15) is 0 Å². The van der Waals surface area contributed by atoms with Gasteiger partial charge in [0.25, 0.3) is 5.91 Å². The van der Waals surface area contributed by atoms with Gasteiger partial charge in [-0.1, -0.05) is 42.5 Å². The zero-order chi connectivity index (χ0) is 40.2. The Balaban J connectivity index is 0.891. The van der Waals surface area contributed by atoms with Gasteiger partial charge in [0.2, 0.25) is 0 Å². The van der Waals surface area contributed by atoms with Crippen LogP contribution in [0.1, 0.15) is 51.1 Å². The first kappa shape index (κ1) is 38.2. The van der Waals surface area contributed by atoms with Crippen molar-refractivity contribution in [2.45, 2.75) is 31.3 Å². The minimum atomic E-state index is -0.197. The maximum Gasteiger partial charge on any atom is 0.260 e. The normalized spacial score (nSPS) is 17.1. The van der Waals surface area contributed by atoms with E-state index >= 15 is 0 Å². The van der Waals surface area contributed by atoms with E-state index in [0.717, 1.165) is 35.1 Å². The van der Waals surface area contributed by atoms with E-state index in [2.05, 4.69) is 46.8 Å². The molecule has 5 aromatic rings. The predicted molar refractivity (Wildman–Crippen MR) is 231 cm³/mol. The molecule has 2 N–H and O–H groups in total. The van der Waals surface area contributed by atoms with E-state index in [0.29, 0.717) is 71.6 Å². The number of amides is 1. The number of carbonyl (C=O) groups is 2. The lowest BCUT2D eigenvalue weighted by Gasteiger charge is -2.19. The summed E-state index contributed by atoms with van der Waals surface area (Å²) in [6, 6.07) is 27.1. The Morgan fingerprint density at radius 2 is 1.52 bits per heavy atom. The van der Waals surface area contributed by atoms with E-state index in [4.69, 9.17) is 34.7 Å². The highest BCUT2D eigenvalue weighted by Crippen LogP contribution is 2.41. The van der Waals surface area contributed by atoms with Crippen molar-refractivity contribution in [3.63, 3.8) is 0 Å². The van der Waals surface area contributed by atoms with Gasteiger partial charge in [0.1, 0.15) is 0 Å². The van der Waals surface area contributed by atoms with Gasteiger partial charge < -0.3 is 34.5 Å². The summed E-state index contributed by atoms with van der Waals surface area (Å²) in [5.41, 5.74) is 14.1. The van der Waals surface area contributed by atoms with Gasteiger partial charge in [-0.25, -0.2) is 0 Å². The Morgan fingerprint density at radius 3 is 2.21 bits per heavy atom. The molecule has 0 radical (unpaired) electrons. The fourth-order valence-corrected chi connectivity index (χ4v) is 8.04. The van der Waals surface area contributed by atoms with Gasteiger partial charge >= 0.3 is 0 Å². The number of carbonyl (C=O) groups excluding carboxylic acids is 2. The highest BCUT2D eigenvalue weighted by atomic mass is 32.1. The zero-order valence-corrected chi connectivity index (χ0v) is 33.3. The first-order chi connectivity index (χ1) is 28.3. The fourth-order valence-electron chi connectivity index (χ4n) is 7.31. The molecule has 0 spiro atoms. The number of hydrogen-bond donors (Lipinski definition) is 1. The summed E-state index contributed by atoms with van der Waals surface area (Å²) in [4.78, 5) is 40.5. The molecule has 3 aliphatic heterocycles. The molecule has 2 unspecified atom stereocenters. The molecule has 1 amide bonds. The first-order valence-corrected chi connectivity index (χ1v) is 19.9. The molecule has 0 fully saturated rings. The lowest BCUT2D eigenvalue weighted by Crippen LogP contribution is -2.32. The number of anilines is 1. The van der Waals surface area contributed by atoms with Crippen molar-refractivity contribution < 1.29 is 28.5 Å². The van der Waals surface area contributed by atoms with Crippen LogP contribution < -0.4 is 24.7 Å². The summed E-state index contributed by atoms with van der Waals surface area (Å²) in [5.74, 6) is 1.66. The number of fused-ring (bicyclic) bond motifs is 2. The highest BCUT2D eigenvalue weighted by Gasteiger charge is 2.33. The number of methoxy groups -OCH3 is 2. The highest BCUT2D eigenvalue weighted by molar-refractivity contribution is 7.13. The standard InChI is InChI=1S/C46H43N5O6S/c1-50-26-32(30-11-13-35(47)14-12-30)18-36(50)24-48-39-22-43(41(54-2)20-34(39)28-52)56-15-5-16-57-44-23-40-38(21-42(44)55-3)46(53)51-27-33(19-37(51)25-49-40)29-7-9-31(10-8-29)45-6-4-17-58-45/h4,6-14,17,20-28,36-37H,5,15-16,18-19,47H2,1-3H3. The van der Waals surface area contributed by atoms with Crippen LogP contribution in [0, 0.1) is 0 Å². The third kappa shape index (κ3) is 7.96. The van der Waals surface area contributed by atoms with E-state index in [1.54, 1.807) is 47.6 Å². The number of aldehydes is 1. The Morgan fingerprint density at radius 1 is 0.845 bits per heavy atom. The maximum atomic E-state index is 13.9. The predicted octanol–water partition coefficient (Wildman–Crippen LogP) is 9.09. The number of rotatable bonds is 14. The number of ether oxygens (including phenoxy) is 4. The number of nitrogens with two attached hydrogens (primary N) is 1. The Bertz CT molecular complexity index is 2440. The van der Waals surface area contributed by atoms with Crippen LogP contribution >= 0.6 is 11.3 Å². The summed E-state index contributed by atoms with van der Waals surface area (Å²) in [5, 5.41) is 2.07. The molecule has 3 aliphatic rings. The van der Waals surface area contributed by atoms with E-state index in [1.165, 1.54) is 23.1 Å². The number of thiophene rings is 1. The summed E-state index contributed by atoms with van der Waals surface area (Å²) >= 11 is 1.71. The van der Waals surface area contributed by atoms with E-state index in [-0.39, 0.29) is 18.0 Å². The van der Waals surface area contributed by atoms with Crippen LogP contribution in [0.15, 0.2) is 113 Å². The van der Waals surface area contributed by atoms with Crippen molar-refractivity contribution in [2.24, 2.45) is 9.98 Å². The molecular formula is C46H43N5O6S. The third-order valence-corrected chi connectivity index (χ3v) is 11.4. The molecule has 294 valence electrons. The molecule has 4 heterocycles. The number of aliphatic imine (C=N–C) groups is 2. The molecule has 0 saturated heterocycles. The Labute approximate surface area is 341 Å². The Kier molecular flexibility index (Phi) is 11.1. The van der Waals surface area contributed by atoms with Gasteiger partial charge in [-0.3, -0.25) is 19.6 Å². The topological polar surface area (TPSA) is 128 Å². The van der Waals surface area contributed by atoms with Crippen LogP contribution in [-0.2, 0) is 0 Å². The average molecular weight is 794 g/mol. The molecule has 4 aromatic carbocycles. The third-order valence-electron chi connectivity index (χ3n) is 10.5. The summed E-state index contributed by atoms with van der Waals surface area (Å²) in [6.45, 7) is 0.599. The van der Waals surface area contributed by atoms with Crippen LogP contribution in [0.5, 0.6) is 23.0 Å². The lowest BCUT2D eigenvalue weighted by atomic mass is 10.0. The van der Waals surface area contributed by atoms with Crippen LogP contribution in [-0.4, -0.2) is 81.0 Å². The van der Waals surface area contributed by atoms with Crippen LogP contribution in [0.4, 0.5) is 17.1 Å². The van der Waals surface area contributed by atoms with Crippen LogP contribution in [0.2, 0.25) is 0 Å². The molecule has 1 aromatic heterocycles. The van der Waals surface area contributed by atoms with Gasteiger partial charge in [0, 0.05) is 73.0 Å². The van der Waals surface area contributed by atoms with E-state index in [9.17, 15) is 9.59 Å². The molecule has 58 heavy (non-hydrogen) atoms. The van der Waals surface area contributed by atoms with Crippen molar-refractivity contribution in [1.82, 2.24) is 9.80 Å². The van der Waals surface area contributed by atoms with E-state index in [1.807, 2.05) is 56.0 Å². The summed E-state index contributed by atoms with van der Waals surface area (Å²) in [6.07, 6.45) is 10.4. The largest absolute Gasteiger partial charge is 0.493 e. The fraction of sp³-hybridized carbons (Fsp3) is 0.217. The molecule has 8 rings (SSSR count). The number of nitrogens with zero attached hydrogens (tertiary/aromatic N) is 4. The monoisotopic (exact) mass is 793 g/mol. The molecule has 12 heteroatoms. The molecule has 0 bridgehead atoms. The quantitative estimate of drug-likeness (QED) is 0.0511. The number of benzene rings is 4. The van der Waals surface area contributed by atoms with Crippen molar-refractivity contribution in [3.8, 4) is 33.4 Å². The van der Waals surface area contributed by atoms with Gasteiger partial charge in [-0.15, -0.1) is 11.3 Å². The molecule has 11 nitrogen and oxygen atoms in total. The average Bonchev–Trinajstić information content (AvgIpc) is 4.01. The van der Waals surface area contributed by atoms with Crippen molar-refractivity contribution in [1.29, 1.82) is 0 Å². The number of hydrogen-bond acceptors (Lipinski definition) is 11. The second-order valence-electron chi connectivity index (χ2n) is 14.2. The van der Waals surface area contributed by atoms with Crippen LogP contribution in [0.3, 0.4) is 0 Å². The van der Waals surface area contributed by atoms with Gasteiger partial charge in [0.15, 0.2) is 29.3 Å². The second kappa shape index (κ2) is 16.8. The SMILES string of the molecule is COc1cc(C=O)c(N=CC2CC(c3ccc(N)cc3)=CN2C)cc1OCCCOc1cc2c(cc1OC)C(=O)N1C=C(c3ccc(-c4cccs4)cc3)CC1C=N2. The molecular weight excluding hydrogens is 751 g/mol. The van der Waals surface area contributed by atoms with Gasteiger partial charge in [0.05, 0.1) is 56.5 Å². The molecule has 0 aliphatic carbocycles. The molecule has 0 saturated carbocycles. The molecule has 2 atom stereocenters. The Hall–Kier alpha value is -6.66. The summed E-state index contributed by atoms with van der Waals surface area (Å²) < 4.78 is 23.5. The summed E-state index contributed by atoms with van der Waals surface area (Å²) in [7, 11) is 5.08. The number of nitrogen functional groups attached to an aromatic ring is 1. The van der Waals surface area contributed by atoms with Gasteiger partial charge in [-0.05, 0) is 70.0 Å². The lowest BCUT2D eigenvalue weighted by molar-refractivity contribution is 0.0817. The second-order valence-corrected chi connectivity index (χ2v) is 15.2. The van der Waals surface area contributed by atoms with Crippen LogP contribution in [0.25, 0.3) is 21.6 Å².